The first kappa shape index (κ1) is 12.6. The molecule has 0 amide bonds. The zero-order valence-electron chi connectivity index (χ0n) is 9.79. The third-order valence-corrected chi connectivity index (χ3v) is 1.76. The van der Waals surface area contributed by atoms with Crippen LogP contribution in [-0.4, -0.2) is 26.0 Å². The van der Waals surface area contributed by atoms with Gasteiger partial charge in [0.25, 0.3) is 0 Å². The van der Waals surface area contributed by atoms with Gasteiger partial charge in [-0.2, -0.15) is 0 Å². The van der Waals surface area contributed by atoms with Crippen molar-refractivity contribution in [3.8, 4) is 0 Å². The van der Waals surface area contributed by atoms with Gasteiger partial charge in [-0.3, -0.25) is 4.99 Å². The Hall–Kier alpha value is -0.370. The number of rotatable bonds is 4. The fraction of sp³-hybridized carbons (Fsp3) is 0.909. The van der Waals surface area contributed by atoms with Crippen LogP contribution in [0.4, 0.5) is 0 Å². The van der Waals surface area contributed by atoms with Crippen LogP contribution < -0.4 is 0 Å². The summed E-state index contributed by atoms with van der Waals surface area (Å²) in [6.07, 6.45) is 2.02. The van der Waals surface area contributed by atoms with Crippen LogP contribution in [-0.2, 0) is 4.74 Å². The molecule has 0 N–H and O–H groups in total. The van der Waals surface area contributed by atoms with Crippen molar-refractivity contribution in [2.24, 2.45) is 16.3 Å². The predicted molar refractivity (Wildman–Crippen MR) is 58.4 cm³/mol. The highest BCUT2D eigenvalue weighted by molar-refractivity contribution is 5.64. The molecule has 0 aromatic heterocycles. The second-order valence-electron chi connectivity index (χ2n) is 4.91. The molecule has 0 aliphatic rings. The van der Waals surface area contributed by atoms with Gasteiger partial charge in [0, 0.05) is 13.3 Å². The van der Waals surface area contributed by atoms with E-state index in [1.165, 1.54) is 0 Å². The molecule has 0 aliphatic carbocycles. The first-order valence-corrected chi connectivity index (χ1v) is 4.90. The lowest BCUT2D eigenvalue weighted by molar-refractivity contribution is 0.165. The first-order valence-electron chi connectivity index (χ1n) is 4.90. The second kappa shape index (κ2) is 5.38. The Labute approximate surface area is 82.4 Å². The zero-order chi connectivity index (χ0) is 10.5. The van der Waals surface area contributed by atoms with Crippen LogP contribution in [0, 0.1) is 11.3 Å². The molecule has 2 heteroatoms. The lowest BCUT2D eigenvalue weighted by Gasteiger charge is -2.18. The van der Waals surface area contributed by atoms with Crippen molar-refractivity contribution >= 4 is 6.21 Å². The minimum Gasteiger partial charge on any atom is -0.382 e. The van der Waals surface area contributed by atoms with Crippen molar-refractivity contribution in [2.75, 3.05) is 13.7 Å². The minimum atomic E-state index is 0.168. The summed E-state index contributed by atoms with van der Waals surface area (Å²) in [5.41, 5.74) is 0.168. The molecule has 0 rings (SSSR count). The third kappa shape index (κ3) is 6.76. The van der Waals surface area contributed by atoms with Crippen LogP contribution in [0.1, 0.15) is 34.6 Å². The van der Waals surface area contributed by atoms with Crippen molar-refractivity contribution in [3.05, 3.63) is 0 Å². The van der Waals surface area contributed by atoms with Crippen molar-refractivity contribution in [1.82, 2.24) is 0 Å². The molecule has 0 spiro atoms. The summed E-state index contributed by atoms with van der Waals surface area (Å²) < 4.78 is 5.12. The lowest BCUT2D eigenvalue weighted by atomic mass is 9.98. The predicted octanol–water partition coefficient (Wildman–Crippen LogP) is 2.77. The first-order chi connectivity index (χ1) is 5.87. The van der Waals surface area contributed by atoms with E-state index in [0.717, 1.165) is 0 Å². The zero-order valence-corrected chi connectivity index (χ0v) is 9.79. The summed E-state index contributed by atoms with van der Waals surface area (Å²) in [4.78, 5) is 4.53. The van der Waals surface area contributed by atoms with E-state index in [1.54, 1.807) is 7.11 Å². The molecular weight excluding hydrogens is 162 g/mol. The smallest absolute Gasteiger partial charge is 0.0752 e. The number of ether oxygens (including phenoxy) is 1. The van der Waals surface area contributed by atoms with Crippen LogP contribution in [0.2, 0.25) is 0 Å². The van der Waals surface area contributed by atoms with Crippen LogP contribution >= 0.6 is 0 Å². The van der Waals surface area contributed by atoms with E-state index >= 15 is 0 Å². The topological polar surface area (TPSA) is 21.6 Å². The second-order valence-corrected chi connectivity index (χ2v) is 4.91. The summed E-state index contributed by atoms with van der Waals surface area (Å²) >= 11 is 0. The molecule has 0 aromatic carbocycles. The maximum atomic E-state index is 5.12. The van der Waals surface area contributed by atoms with E-state index < -0.39 is 0 Å². The van der Waals surface area contributed by atoms with Gasteiger partial charge in [0.05, 0.1) is 12.6 Å². The van der Waals surface area contributed by atoms with Gasteiger partial charge in [0.2, 0.25) is 0 Å². The highest BCUT2D eigenvalue weighted by Crippen LogP contribution is 2.12. The summed E-state index contributed by atoms with van der Waals surface area (Å²) in [7, 11) is 1.72. The van der Waals surface area contributed by atoms with E-state index in [4.69, 9.17) is 4.74 Å². The molecule has 0 saturated heterocycles. The van der Waals surface area contributed by atoms with Crippen LogP contribution in [0.5, 0.6) is 0 Å². The van der Waals surface area contributed by atoms with Crippen LogP contribution in [0.15, 0.2) is 4.99 Å². The van der Waals surface area contributed by atoms with E-state index in [0.29, 0.717) is 18.6 Å². The quantitative estimate of drug-likeness (QED) is 0.617. The van der Waals surface area contributed by atoms with Crippen molar-refractivity contribution < 1.29 is 4.74 Å². The molecule has 0 heterocycles. The largest absolute Gasteiger partial charge is 0.382 e. The Morgan fingerprint density at radius 2 is 1.85 bits per heavy atom. The normalized spacial score (nSPS) is 15.6. The standard InChI is InChI=1S/C11H23NO/c1-9(2)10(7-13-6)12-8-11(3,4)5/h8-10H,7H2,1-6H3. The lowest BCUT2D eigenvalue weighted by Crippen LogP contribution is -2.21. The molecule has 78 valence electrons. The molecule has 0 saturated carbocycles. The van der Waals surface area contributed by atoms with Gasteiger partial charge in [0.15, 0.2) is 0 Å². The monoisotopic (exact) mass is 185 g/mol. The van der Waals surface area contributed by atoms with Gasteiger partial charge in [0.1, 0.15) is 0 Å². The Kier molecular flexibility index (Phi) is 5.23. The Bertz CT molecular complexity index is 156. The molecular formula is C11H23NO. The molecule has 2 nitrogen and oxygen atoms in total. The highest BCUT2D eigenvalue weighted by atomic mass is 16.5. The molecule has 0 fully saturated rings. The molecule has 1 unspecified atom stereocenters. The fourth-order valence-corrected chi connectivity index (χ4v) is 0.898. The maximum Gasteiger partial charge on any atom is 0.0752 e. The summed E-state index contributed by atoms with van der Waals surface area (Å²) in [5.74, 6) is 0.540. The van der Waals surface area contributed by atoms with Gasteiger partial charge < -0.3 is 4.74 Å². The van der Waals surface area contributed by atoms with Crippen molar-refractivity contribution in [3.63, 3.8) is 0 Å². The molecule has 13 heavy (non-hydrogen) atoms. The molecule has 1 atom stereocenters. The Balaban J connectivity index is 4.17. The number of nitrogens with zero attached hydrogens (tertiary/aromatic N) is 1. The number of hydrogen-bond donors (Lipinski definition) is 0. The summed E-state index contributed by atoms with van der Waals surface area (Å²) in [6.45, 7) is 11.5. The van der Waals surface area contributed by atoms with E-state index in [9.17, 15) is 0 Å². The average molecular weight is 185 g/mol. The molecule has 0 aliphatic heterocycles. The SMILES string of the molecule is COCC(N=CC(C)(C)C)C(C)C. The maximum absolute atomic E-state index is 5.12. The van der Waals surface area contributed by atoms with E-state index in [-0.39, 0.29) is 5.41 Å². The Morgan fingerprint density at radius 1 is 1.31 bits per heavy atom. The summed E-state index contributed by atoms with van der Waals surface area (Å²) in [6, 6.07) is 0.296. The van der Waals surface area contributed by atoms with Crippen molar-refractivity contribution in [2.45, 2.75) is 40.7 Å². The van der Waals surface area contributed by atoms with Gasteiger partial charge in [-0.15, -0.1) is 0 Å². The van der Waals surface area contributed by atoms with E-state index in [1.807, 2.05) is 6.21 Å². The average Bonchev–Trinajstić information content (AvgIpc) is 1.95. The molecule has 0 bridgehead atoms. The van der Waals surface area contributed by atoms with Gasteiger partial charge >= 0.3 is 0 Å². The van der Waals surface area contributed by atoms with Gasteiger partial charge in [-0.05, 0) is 11.3 Å². The summed E-state index contributed by atoms with van der Waals surface area (Å²) in [5, 5.41) is 0. The number of methoxy groups -OCH3 is 1. The van der Waals surface area contributed by atoms with Gasteiger partial charge in [-0.1, -0.05) is 34.6 Å². The number of hydrogen-bond acceptors (Lipinski definition) is 2. The van der Waals surface area contributed by atoms with Gasteiger partial charge in [-0.25, -0.2) is 0 Å². The molecule has 0 radical (unpaired) electrons. The minimum absolute atomic E-state index is 0.168. The highest BCUT2D eigenvalue weighted by Gasteiger charge is 2.12. The Morgan fingerprint density at radius 3 is 2.15 bits per heavy atom. The third-order valence-electron chi connectivity index (χ3n) is 1.76. The fourth-order valence-electron chi connectivity index (χ4n) is 0.898. The van der Waals surface area contributed by atoms with Crippen LogP contribution in [0.25, 0.3) is 0 Å². The van der Waals surface area contributed by atoms with Crippen molar-refractivity contribution in [1.29, 1.82) is 0 Å². The molecule has 0 aromatic rings. The van der Waals surface area contributed by atoms with E-state index in [2.05, 4.69) is 39.6 Å². The van der Waals surface area contributed by atoms with Crippen LogP contribution in [0.3, 0.4) is 0 Å². The number of aliphatic imine (C=N–C) groups is 1.